The van der Waals surface area contributed by atoms with Gasteiger partial charge in [0, 0.05) is 29.1 Å². The van der Waals surface area contributed by atoms with Crippen molar-refractivity contribution in [2.24, 2.45) is 0 Å². The van der Waals surface area contributed by atoms with Crippen molar-refractivity contribution in [3.63, 3.8) is 0 Å². The first-order valence-electron chi connectivity index (χ1n) is 12.7. The van der Waals surface area contributed by atoms with E-state index in [1.54, 1.807) is 25.5 Å². The summed E-state index contributed by atoms with van der Waals surface area (Å²) in [7, 11) is 1.63. The number of ether oxygens (including phenoxy) is 3. The van der Waals surface area contributed by atoms with Crippen molar-refractivity contribution in [2.45, 2.75) is 20.3 Å². The number of hydrogen-bond acceptors (Lipinski definition) is 6. The minimum atomic E-state index is -0.186. The fourth-order valence-corrected chi connectivity index (χ4v) is 4.61. The number of carbonyl (C=O) groups excluding carboxylic acids is 1. The Bertz CT molecular complexity index is 1410. The molecule has 5 rings (SSSR count). The number of methoxy groups -OCH3 is 1. The molecule has 0 fully saturated rings. The van der Waals surface area contributed by atoms with Crippen LogP contribution in [0.15, 0.2) is 77.4 Å². The van der Waals surface area contributed by atoms with E-state index in [1.807, 2.05) is 48.5 Å². The van der Waals surface area contributed by atoms with Crippen LogP contribution in [0.1, 0.15) is 35.5 Å². The highest BCUT2D eigenvalue weighted by atomic mass is 16.5. The van der Waals surface area contributed by atoms with Gasteiger partial charge in [0.1, 0.15) is 29.4 Å². The number of rotatable bonds is 10. The van der Waals surface area contributed by atoms with E-state index in [0.29, 0.717) is 23.5 Å². The minimum absolute atomic E-state index is 0.186. The van der Waals surface area contributed by atoms with Crippen molar-refractivity contribution in [2.75, 3.05) is 33.4 Å². The van der Waals surface area contributed by atoms with Gasteiger partial charge in [0.2, 0.25) is 5.78 Å². The maximum Gasteiger partial charge on any atom is 0.228 e. The van der Waals surface area contributed by atoms with Crippen molar-refractivity contribution in [1.82, 2.24) is 4.90 Å². The van der Waals surface area contributed by atoms with Gasteiger partial charge < -0.3 is 23.5 Å². The monoisotopic (exact) mass is 497 g/mol. The number of nitrogens with zero attached hydrogens (tertiary/aromatic N) is 1. The zero-order chi connectivity index (χ0) is 25.8. The highest BCUT2D eigenvalue weighted by molar-refractivity contribution is 6.16. The van der Waals surface area contributed by atoms with Crippen molar-refractivity contribution in [1.29, 1.82) is 0 Å². The molecule has 0 aliphatic carbocycles. The summed E-state index contributed by atoms with van der Waals surface area (Å²) in [5, 5.41) is 0.877. The lowest BCUT2D eigenvalue weighted by molar-refractivity contribution is 0.101. The van der Waals surface area contributed by atoms with Crippen LogP contribution in [0.5, 0.6) is 17.2 Å². The first-order valence-corrected chi connectivity index (χ1v) is 12.7. The van der Waals surface area contributed by atoms with Gasteiger partial charge in [-0.2, -0.15) is 0 Å². The molecule has 0 saturated heterocycles. The number of carbonyl (C=O) groups is 1. The molecule has 190 valence electrons. The Hall–Kier alpha value is -4.03. The second kappa shape index (κ2) is 10.9. The fourth-order valence-electron chi connectivity index (χ4n) is 4.61. The SMILES string of the molecule is CCN(CC)CCOc1ccc(C(=O)c2oc3cc4c(cc3c2-c2ccc(OC)cc2)CC=CO4)cc1. The second-order valence-corrected chi connectivity index (χ2v) is 8.91. The minimum Gasteiger partial charge on any atom is -0.497 e. The molecule has 0 atom stereocenters. The van der Waals surface area contributed by atoms with E-state index >= 15 is 0 Å². The van der Waals surface area contributed by atoms with Gasteiger partial charge in [0.15, 0.2) is 5.76 Å². The number of ketones is 1. The first kappa shape index (κ1) is 24.7. The van der Waals surface area contributed by atoms with Gasteiger partial charge in [-0.3, -0.25) is 4.79 Å². The molecule has 2 heterocycles. The van der Waals surface area contributed by atoms with Crippen LogP contribution in [0.4, 0.5) is 0 Å². The Labute approximate surface area is 217 Å². The number of benzene rings is 3. The van der Waals surface area contributed by atoms with E-state index < -0.39 is 0 Å². The fraction of sp³-hybridized carbons (Fsp3) is 0.258. The number of allylic oxidation sites excluding steroid dienone is 1. The molecule has 1 aliphatic rings. The molecule has 6 nitrogen and oxygen atoms in total. The molecule has 1 aliphatic heterocycles. The predicted molar refractivity (Wildman–Crippen MR) is 145 cm³/mol. The van der Waals surface area contributed by atoms with Crippen molar-refractivity contribution in [3.8, 4) is 28.4 Å². The topological polar surface area (TPSA) is 61.1 Å². The maximum atomic E-state index is 13.7. The molecule has 6 heteroatoms. The summed E-state index contributed by atoms with van der Waals surface area (Å²) in [4.78, 5) is 16.0. The van der Waals surface area contributed by atoms with E-state index in [1.165, 1.54) is 0 Å². The Morgan fingerprint density at radius 3 is 2.41 bits per heavy atom. The van der Waals surface area contributed by atoms with Gasteiger partial charge in [0.05, 0.1) is 13.4 Å². The van der Waals surface area contributed by atoms with Crippen LogP contribution >= 0.6 is 0 Å². The molecule has 1 aromatic heterocycles. The molecule has 37 heavy (non-hydrogen) atoms. The van der Waals surface area contributed by atoms with Crippen LogP contribution in [0.3, 0.4) is 0 Å². The number of hydrogen-bond donors (Lipinski definition) is 0. The lowest BCUT2D eigenvalue weighted by atomic mass is 9.96. The van der Waals surface area contributed by atoms with Gasteiger partial charge in [-0.15, -0.1) is 0 Å². The zero-order valence-electron chi connectivity index (χ0n) is 21.5. The van der Waals surface area contributed by atoms with Crippen molar-refractivity contribution < 1.29 is 23.4 Å². The van der Waals surface area contributed by atoms with Gasteiger partial charge in [0.25, 0.3) is 0 Å². The van der Waals surface area contributed by atoms with Gasteiger partial charge >= 0.3 is 0 Å². The molecule has 0 saturated carbocycles. The molecule has 0 radical (unpaired) electrons. The van der Waals surface area contributed by atoms with Crippen LogP contribution in [0.25, 0.3) is 22.1 Å². The summed E-state index contributed by atoms with van der Waals surface area (Å²) in [6.45, 7) is 7.73. The third-order valence-corrected chi connectivity index (χ3v) is 6.77. The Balaban J connectivity index is 1.48. The van der Waals surface area contributed by atoms with Crippen LogP contribution in [0.2, 0.25) is 0 Å². The largest absolute Gasteiger partial charge is 0.497 e. The maximum absolute atomic E-state index is 13.7. The van der Waals surface area contributed by atoms with E-state index in [2.05, 4.69) is 24.8 Å². The highest BCUT2D eigenvalue weighted by Crippen LogP contribution is 2.40. The molecule has 0 bridgehead atoms. The zero-order valence-corrected chi connectivity index (χ0v) is 21.5. The average molecular weight is 498 g/mol. The molecule has 0 spiro atoms. The van der Waals surface area contributed by atoms with Gasteiger partial charge in [-0.05, 0) is 79.2 Å². The Morgan fingerprint density at radius 1 is 0.973 bits per heavy atom. The normalized spacial score (nSPS) is 12.4. The van der Waals surface area contributed by atoms with Crippen molar-refractivity contribution >= 4 is 16.8 Å². The third-order valence-electron chi connectivity index (χ3n) is 6.77. The summed E-state index contributed by atoms with van der Waals surface area (Å²) in [5.74, 6) is 2.34. The Kier molecular flexibility index (Phi) is 7.28. The summed E-state index contributed by atoms with van der Waals surface area (Å²) in [6.07, 6.45) is 4.41. The predicted octanol–water partition coefficient (Wildman–Crippen LogP) is 6.51. The van der Waals surface area contributed by atoms with E-state index in [9.17, 15) is 4.79 Å². The van der Waals surface area contributed by atoms with Crippen LogP contribution in [-0.2, 0) is 6.42 Å². The number of fused-ring (bicyclic) bond motifs is 2. The van der Waals surface area contributed by atoms with Crippen LogP contribution < -0.4 is 14.2 Å². The smallest absolute Gasteiger partial charge is 0.228 e. The lowest BCUT2D eigenvalue weighted by Crippen LogP contribution is -2.27. The molecule has 4 aromatic rings. The number of furan rings is 1. The standard InChI is InChI=1S/C31H31NO5/c1-4-32(5-2)16-18-35-25-14-10-22(11-15-25)30(33)31-29(21-8-12-24(34-3)13-9-21)26-19-23-7-6-17-36-27(23)20-28(26)37-31/h6,8-15,17,19-20H,4-5,7,16,18H2,1-3H3. The second-order valence-electron chi connectivity index (χ2n) is 8.91. The molecular formula is C31H31NO5. The first-order chi connectivity index (χ1) is 18.1. The van der Waals surface area contributed by atoms with Crippen LogP contribution in [0, 0.1) is 0 Å². The van der Waals surface area contributed by atoms with E-state index in [0.717, 1.165) is 65.4 Å². The van der Waals surface area contributed by atoms with E-state index in [-0.39, 0.29) is 5.78 Å². The average Bonchev–Trinajstić information content (AvgIpc) is 3.32. The van der Waals surface area contributed by atoms with Crippen LogP contribution in [-0.4, -0.2) is 44.0 Å². The van der Waals surface area contributed by atoms with Gasteiger partial charge in [-0.25, -0.2) is 0 Å². The molecule has 3 aromatic carbocycles. The van der Waals surface area contributed by atoms with Crippen molar-refractivity contribution in [3.05, 3.63) is 89.9 Å². The molecular weight excluding hydrogens is 466 g/mol. The molecule has 0 amide bonds. The molecule has 0 N–H and O–H groups in total. The summed E-state index contributed by atoms with van der Waals surface area (Å²) < 4.78 is 23.1. The lowest BCUT2D eigenvalue weighted by Gasteiger charge is -2.18. The summed E-state index contributed by atoms with van der Waals surface area (Å²) >= 11 is 0. The highest BCUT2D eigenvalue weighted by Gasteiger charge is 2.25. The Morgan fingerprint density at radius 2 is 1.70 bits per heavy atom. The number of likely N-dealkylation sites (N-methyl/N-ethyl adjacent to an activating group) is 1. The van der Waals surface area contributed by atoms with Gasteiger partial charge in [-0.1, -0.05) is 26.0 Å². The third kappa shape index (κ3) is 5.11. The molecule has 0 unspecified atom stereocenters. The van der Waals surface area contributed by atoms with E-state index in [4.69, 9.17) is 18.6 Å². The summed E-state index contributed by atoms with van der Waals surface area (Å²) in [5.41, 5.74) is 3.84. The summed E-state index contributed by atoms with van der Waals surface area (Å²) in [6, 6.07) is 18.8. The quantitative estimate of drug-likeness (QED) is 0.233.